The van der Waals surface area contributed by atoms with Crippen LogP contribution in [0.4, 0.5) is 5.82 Å². The summed E-state index contributed by atoms with van der Waals surface area (Å²) in [4.78, 5) is 8.20. The van der Waals surface area contributed by atoms with Crippen LogP contribution in [0.5, 0.6) is 5.75 Å². The quantitative estimate of drug-likeness (QED) is 0.272. The van der Waals surface area contributed by atoms with Crippen LogP contribution in [-0.4, -0.2) is 22.8 Å². The molecule has 0 amide bonds. The highest BCUT2D eigenvalue weighted by Gasteiger charge is 1.98. The van der Waals surface area contributed by atoms with Gasteiger partial charge in [-0.05, 0) is 43.2 Å². The lowest BCUT2D eigenvalue weighted by atomic mass is 10.2. The van der Waals surface area contributed by atoms with Gasteiger partial charge in [0.25, 0.3) is 0 Å². The highest BCUT2D eigenvalue weighted by molar-refractivity contribution is 6.29. The number of benzene rings is 1. The summed E-state index contributed by atoms with van der Waals surface area (Å²) in [7, 11) is 0. The lowest BCUT2D eigenvalue weighted by Gasteiger charge is -2.06. The first kappa shape index (κ1) is 19.2. The standard InChI is InChI=1S/C19H25ClN4O/c1-3-4-5-6-7-12-25-17-10-8-16(9-11-17)14-21-24-19-13-18(20)22-15(2)23-19/h8-11,13-14H,3-7,12H2,1-2H3,(H,22,23,24)/b21-14-. The third kappa shape index (κ3) is 7.52. The van der Waals surface area contributed by atoms with Crippen molar-refractivity contribution in [1.82, 2.24) is 9.97 Å². The van der Waals surface area contributed by atoms with E-state index in [1.807, 2.05) is 24.3 Å². The molecule has 134 valence electrons. The van der Waals surface area contributed by atoms with Crippen LogP contribution in [0, 0.1) is 6.92 Å². The number of nitrogens with zero attached hydrogens (tertiary/aromatic N) is 3. The van der Waals surface area contributed by atoms with Crippen molar-refractivity contribution < 1.29 is 4.74 Å². The summed E-state index contributed by atoms with van der Waals surface area (Å²) in [5.41, 5.74) is 3.82. The number of hydrazone groups is 1. The third-order valence-corrected chi connectivity index (χ3v) is 3.79. The van der Waals surface area contributed by atoms with Crippen molar-refractivity contribution in [3.63, 3.8) is 0 Å². The second-order valence-electron chi connectivity index (χ2n) is 5.82. The van der Waals surface area contributed by atoms with E-state index in [0.717, 1.165) is 24.3 Å². The lowest BCUT2D eigenvalue weighted by Crippen LogP contribution is -1.98. The number of rotatable bonds is 10. The Bertz CT molecular complexity index is 653. The Kier molecular flexibility index (Phi) is 8.19. The maximum absolute atomic E-state index is 5.88. The van der Waals surface area contributed by atoms with Gasteiger partial charge in [0.05, 0.1) is 12.8 Å². The summed E-state index contributed by atoms with van der Waals surface area (Å²) in [6, 6.07) is 9.48. The maximum Gasteiger partial charge on any atom is 0.151 e. The molecule has 0 aliphatic heterocycles. The lowest BCUT2D eigenvalue weighted by molar-refractivity contribution is 0.304. The van der Waals surface area contributed by atoms with Crippen LogP contribution < -0.4 is 10.2 Å². The number of hydrogen-bond acceptors (Lipinski definition) is 5. The molecule has 0 unspecified atom stereocenters. The molecule has 2 aromatic rings. The zero-order valence-electron chi connectivity index (χ0n) is 14.8. The molecule has 5 nitrogen and oxygen atoms in total. The number of hydrogen-bond donors (Lipinski definition) is 1. The minimum Gasteiger partial charge on any atom is -0.494 e. The summed E-state index contributed by atoms with van der Waals surface area (Å²) >= 11 is 5.88. The van der Waals surface area contributed by atoms with Gasteiger partial charge in [0, 0.05) is 6.07 Å². The van der Waals surface area contributed by atoms with Crippen LogP contribution in [0.25, 0.3) is 0 Å². The maximum atomic E-state index is 5.88. The van der Waals surface area contributed by atoms with Gasteiger partial charge in [-0.25, -0.2) is 9.97 Å². The molecule has 0 fully saturated rings. The molecule has 6 heteroatoms. The number of anilines is 1. The van der Waals surface area contributed by atoms with Crippen LogP contribution >= 0.6 is 11.6 Å². The third-order valence-electron chi connectivity index (χ3n) is 3.60. The second-order valence-corrected chi connectivity index (χ2v) is 6.21. The number of aryl methyl sites for hydroxylation is 1. The van der Waals surface area contributed by atoms with Gasteiger partial charge in [-0.2, -0.15) is 5.10 Å². The van der Waals surface area contributed by atoms with Gasteiger partial charge in [0.1, 0.15) is 16.7 Å². The van der Waals surface area contributed by atoms with Gasteiger partial charge >= 0.3 is 0 Å². The van der Waals surface area contributed by atoms with Gasteiger partial charge in [0.15, 0.2) is 5.82 Å². The van der Waals surface area contributed by atoms with Crippen LogP contribution in [0.2, 0.25) is 5.15 Å². The smallest absolute Gasteiger partial charge is 0.151 e. The van der Waals surface area contributed by atoms with E-state index in [1.54, 1.807) is 19.2 Å². The molecule has 0 saturated carbocycles. The Morgan fingerprint density at radius 1 is 1.12 bits per heavy atom. The van der Waals surface area contributed by atoms with Crippen LogP contribution in [0.15, 0.2) is 35.4 Å². The van der Waals surface area contributed by atoms with Crippen LogP contribution in [0.3, 0.4) is 0 Å². The zero-order chi connectivity index (χ0) is 17.9. The molecule has 0 aliphatic rings. The molecule has 0 atom stereocenters. The molecular formula is C19H25ClN4O. The summed E-state index contributed by atoms with van der Waals surface area (Å²) in [5, 5.41) is 4.55. The largest absolute Gasteiger partial charge is 0.494 e. The predicted octanol–water partition coefficient (Wildman–Crippen LogP) is 5.23. The van der Waals surface area contributed by atoms with Crippen molar-refractivity contribution in [3.8, 4) is 5.75 Å². The SMILES string of the molecule is CCCCCCCOc1ccc(/C=N\Nc2cc(Cl)nc(C)n2)cc1. The average molecular weight is 361 g/mol. The minimum absolute atomic E-state index is 0.390. The highest BCUT2D eigenvalue weighted by atomic mass is 35.5. The van der Waals surface area contributed by atoms with Crippen molar-refractivity contribution in [2.24, 2.45) is 5.10 Å². The normalized spacial score (nSPS) is 11.0. The highest BCUT2D eigenvalue weighted by Crippen LogP contribution is 2.13. The Labute approximate surface area is 154 Å². The Morgan fingerprint density at radius 2 is 1.88 bits per heavy atom. The number of unbranched alkanes of at least 4 members (excludes halogenated alkanes) is 4. The van der Waals surface area contributed by atoms with E-state index in [9.17, 15) is 0 Å². The monoisotopic (exact) mass is 360 g/mol. The van der Waals surface area contributed by atoms with Crippen molar-refractivity contribution in [2.45, 2.75) is 46.0 Å². The molecule has 0 aliphatic carbocycles. The van der Waals surface area contributed by atoms with E-state index in [0.29, 0.717) is 16.8 Å². The summed E-state index contributed by atoms with van der Waals surface area (Å²) in [6.45, 7) is 4.77. The van der Waals surface area contributed by atoms with Crippen molar-refractivity contribution >= 4 is 23.6 Å². The van der Waals surface area contributed by atoms with Crippen LogP contribution in [-0.2, 0) is 0 Å². The molecule has 0 bridgehead atoms. The zero-order valence-corrected chi connectivity index (χ0v) is 15.6. The second kappa shape index (κ2) is 10.7. The van der Waals surface area contributed by atoms with Crippen molar-refractivity contribution in [3.05, 3.63) is 46.9 Å². The van der Waals surface area contributed by atoms with E-state index in [1.165, 1.54) is 25.7 Å². The fourth-order valence-corrected chi connectivity index (χ4v) is 2.53. The molecule has 1 aromatic heterocycles. The van der Waals surface area contributed by atoms with Gasteiger partial charge in [-0.15, -0.1) is 0 Å². The molecule has 1 heterocycles. The first-order valence-electron chi connectivity index (χ1n) is 8.70. The fraction of sp³-hybridized carbons (Fsp3) is 0.421. The molecule has 2 rings (SSSR count). The fourth-order valence-electron chi connectivity index (χ4n) is 2.31. The first-order chi connectivity index (χ1) is 12.2. The van der Waals surface area contributed by atoms with Gasteiger partial charge in [-0.3, -0.25) is 5.43 Å². The van der Waals surface area contributed by atoms with E-state index >= 15 is 0 Å². The van der Waals surface area contributed by atoms with Crippen molar-refractivity contribution in [1.29, 1.82) is 0 Å². The van der Waals surface area contributed by atoms with Gasteiger partial charge < -0.3 is 4.74 Å². The number of ether oxygens (including phenoxy) is 1. The minimum atomic E-state index is 0.390. The molecule has 0 radical (unpaired) electrons. The Hall–Kier alpha value is -2.14. The molecule has 1 N–H and O–H groups in total. The van der Waals surface area contributed by atoms with Gasteiger partial charge in [0.2, 0.25) is 0 Å². The summed E-state index contributed by atoms with van der Waals surface area (Å²) in [6.07, 6.45) is 7.93. The molecule has 1 aromatic carbocycles. The molecule has 25 heavy (non-hydrogen) atoms. The van der Waals surface area contributed by atoms with E-state index in [-0.39, 0.29) is 0 Å². The first-order valence-corrected chi connectivity index (χ1v) is 9.08. The summed E-state index contributed by atoms with van der Waals surface area (Å²) < 4.78 is 5.75. The molecule has 0 spiro atoms. The van der Waals surface area contributed by atoms with Crippen LogP contribution in [0.1, 0.15) is 50.4 Å². The topological polar surface area (TPSA) is 59.4 Å². The number of aromatic nitrogens is 2. The Balaban J connectivity index is 1.75. The number of halogens is 1. The molecular weight excluding hydrogens is 336 g/mol. The van der Waals surface area contributed by atoms with Crippen molar-refractivity contribution in [2.75, 3.05) is 12.0 Å². The average Bonchev–Trinajstić information content (AvgIpc) is 2.58. The molecule has 0 saturated heterocycles. The predicted molar refractivity (Wildman–Crippen MR) is 104 cm³/mol. The van der Waals surface area contributed by atoms with E-state index < -0.39 is 0 Å². The van der Waals surface area contributed by atoms with Gasteiger partial charge in [-0.1, -0.05) is 44.2 Å². The van der Waals surface area contributed by atoms with E-state index in [2.05, 4.69) is 27.4 Å². The Morgan fingerprint density at radius 3 is 2.60 bits per heavy atom. The van der Waals surface area contributed by atoms with E-state index in [4.69, 9.17) is 16.3 Å². The summed E-state index contributed by atoms with van der Waals surface area (Å²) in [5.74, 6) is 2.05. The number of nitrogens with one attached hydrogen (secondary N) is 1.